The lowest BCUT2D eigenvalue weighted by atomic mass is 9.83. The third-order valence-corrected chi connectivity index (χ3v) is 12.6. The molecule has 9 nitrogen and oxygen atoms in total. The Morgan fingerprint density at radius 3 is 2.39 bits per heavy atom. The summed E-state index contributed by atoms with van der Waals surface area (Å²) < 4.78 is 17.9. The van der Waals surface area contributed by atoms with Crippen LogP contribution in [0.3, 0.4) is 0 Å². The summed E-state index contributed by atoms with van der Waals surface area (Å²) in [5.74, 6) is 0.679. The molecular formula is C27H37N5O4SSi. The summed E-state index contributed by atoms with van der Waals surface area (Å²) in [4.78, 5) is 21.9. The number of nitrogens with zero attached hydrogens (tertiary/aromatic N) is 4. The van der Waals surface area contributed by atoms with Crippen LogP contribution in [0.5, 0.6) is 10.9 Å². The Balaban J connectivity index is 1.36. The fourth-order valence-corrected chi connectivity index (χ4v) is 6.04. The first kappa shape index (κ1) is 28.1. The fourth-order valence-electron chi connectivity index (χ4n) is 4.06. The SMILES string of the molecule is COc1cnc(C)cc1-c1cc(C)ncc1C(=O)Nc1nnc(OC[C@H]2C[C@H](O[Si](C)(C)C(C)(C)C)C2)s1. The van der Waals surface area contributed by atoms with Crippen LogP contribution in [0.4, 0.5) is 5.13 Å². The van der Waals surface area contributed by atoms with E-state index in [1.54, 1.807) is 19.5 Å². The maximum absolute atomic E-state index is 13.2. The van der Waals surface area contributed by atoms with Crippen LogP contribution in [-0.4, -0.2) is 54.2 Å². The molecule has 3 aromatic rings. The average molecular weight is 556 g/mol. The van der Waals surface area contributed by atoms with Gasteiger partial charge < -0.3 is 13.9 Å². The average Bonchev–Trinajstić information content (AvgIpc) is 3.26. The van der Waals surface area contributed by atoms with Gasteiger partial charge in [-0.15, -0.1) is 5.10 Å². The Morgan fingerprint density at radius 2 is 1.74 bits per heavy atom. The number of carbonyl (C=O) groups excluding carboxylic acids is 1. The summed E-state index contributed by atoms with van der Waals surface area (Å²) in [6, 6.07) is 3.76. The van der Waals surface area contributed by atoms with Crippen molar-refractivity contribution in [1.29, 1.82) is 0 Å². The van der Waals surface area contributed by atoms with Crippen molar-refractivity contribution in [2.24, 2.45) is 5.92 Å². The Kier molecular flexibility index (Phi) is 8.19. The highest BCUT2D eigenvalue weighted by molar-refractivity contribution is 7.17. The minimum atomic E-state index is -1.75. The number of carbonyl (C=O) groups is 1. The number of hydrogen-bond acceptors (Lipinski definition) is 9. The number of aryl methyl sites for hydroxylation is 2. The van der Waals surface area contributed by atoms with Gasteiger partial charge in [-0.25, -0.2) is 0 Å². The van der Waals surface area contributed by atoms with Crippen LogP contribution in [0, 0.1) is 19.8 Å². The van der Waals surface area contributed by atoms with Crippen LogP contribution < -0.4 is 14.8 Å². The van der Waals surface area contributed by atoms with Crippen LogP contribution in [0.2, 0.25) is 18.1 Å². The second-order valence-electron chi connectivity index (χ2n) is 11.4. The summed E-state index contributed by atoms with van der Waals surface area (Å²) >= 11 is 1.21. The lowest BCUT2D eigenvalue weighted by Gasteiger charge is -2.44. The molecule has 0 radical (unpaired) electrons. The molecule has 1 aliphatic carbocycles. The van der Waals surface area contributed by atoms with Gasteiger partial charge in [0.05, 0.1) is 25.5 Å². The molecule has 0 atom stereocenters. The molecule has 0 aromatic carbocycles. The summed E-state index contributed by atoms with van der Waals surface area (Å²) in [6.45, 7) is 15.7. The van der Waals surface area contributed by atoms with Crippen molar-refractivity contribution in [2.75, 3.05) is 19.0 Å². The van der Waals surface area contributed by atoms with Gasteiger partial charge in [0.1, 0.15) is 5.75 Å². The van der Waals surface area contributed by atoms with E-state index >= 15 is 0 Å². The standard InChI is InChI=1S/C27H37N5O4SSi/c1-16-9-20(21-10-17(2)29-14-23(21)34-6)22(13-28-16)24(33)30-25-31-32-26(37-25)35-15-18-11-19(12-18)36-38(7,8)27(3,4)5/h9-10,13-14,18-19H,11-12,15H2,1-8H3,(H,30,31,33)/t18-,19-. The fraction of sp³-hybridized carbons (Fsp3) is 0.519. The number of amides is 1. The van der Waals surface area contributed by atoms with Gasteiger partial charge in [-0.3, -0.25) is 20.1 Å². The van der Waals surface area contributed by atoms with Crippen molar-refractivity contribution in [3.63, 3.8) is 0 Å². The van der Waals surface area contributed by atoms with E-state index in [1.165, 1.54) is 11.3 Å². The van der Waals surface area contributed by atoms with Crippen molar-refractivity contribution in [3.05, 3.63) is 41.5 Å². The first-order valence-electron chi connectivity index (χ1n) is 12.8. The van der Waals surface area contributed by atoms with E-state index in [4.69, 9.17) is 13.9 Å². The molecule has 3 heterocycles. The van der Waals surface area contributed by atoms with E-state index in [9.17, 15) is 4.79 Å². The van der Waals surface area contributed by atoms with E-state index in [0.717, 1.165) is 29.8 Å². The lowest BCUT2D eigenvalue weighted by Crippen LogP contribution is -2.48. The Hall–Kier alpha value is -2.89. The van der Waals surface area contributed by atoms with Crippen LogP contribution in [0.25, 0.3) is 11.1 Å². The van der Waals surface area contributed by atoms with E-state index in [-0.39, 0.29) is 10.9 Å². The van der Waals surface area contributed by atoms with Crippen LogP contribution in [0.1, 0.15) is 55.4 Å². The van der Waals surface area contributed by atoms with Crippen molar-refractivity contribution in [2.45, 2.75) is 71.7 Å². The van der Waals surface area contributed by atoms with Crippen molar-refractivity contribution >= 4 is 30.7 Å². The summed E-state index contributed by atoms with van der Waals surface area (Å²) in [5, 5.41) is 12.0. The first-order chi connectivity index (χ1) is 17.9. The van der Waals surface area contributed by atoms with Gasteiger partial charge in [-0.2, -0.15) is 0 Å². The van der Waals surface area contributed by atoms with E-state index in [0.29, 0.717) is 45.8 Å². The van der Waals surface area contributed by atoms with Gasteiger partial charge in [-0.1, -0.05) is 25.9 Å². The molecule has 204 valence electrons. The lowest BCUT2D eigenvalue weighted by molar-refractivity contribution is 0.0287. The molecule has 0 bridgehead atoms. The summed E-state index contributed by atoms with van der Waals surface area (Å²) in [7, 11) is -0.167. The van der Waals surface area contributed by atoms with Gasteiger partial charge in [0, 0.05) is 34.8 Å². The molecule has 0 spiro atoms. The largest absolute Gasteiger partial charge is 0.494 e. The molecule has 1 saturated carbocycles. The molecule has 0 aliphatic heterocycles. The quantitative estimate of drug-likeness (QED) is 0.318. The maximum Gasteiger partial charge on any atom is 0.295 e. The van der Waals surface area contributed by atoms with Crippen molar-refractivity contribution in [3.8, 4) is 22.1 Å². The highest BCUT2D eigenvalue weighted by atomic mass is 32.1. The third-order valence-electron chi connectivity index (χ3n) is 7.33. The molecule has 0 unspecified atom stereocenters. The van der Waals surface area contributed by atoms with E-state index in [1.807, 2.05) is 26.0 Å². The predicted octanol–water partition coefficient (Wildman–Crippen LogP) is 6.05. The number of aromatic nitrogens is 4. The van der Waals surface area contributed by atoms with Crippen LogP contribution >= 0.6 is 11.3 Å². The number of pyridine rings is 2. The monoisotopic (exact) mass is 555 g/mol. The van der Waals surface area contributed by atoms with Gasteiger partial charge in [0.15, 0.2) is 8.32 Å². The Labute approximate surface area is 229 Å². The topological polar surface area (TPSA) is 108 Å². The van der Waals surface area contributed by atoms with Gasteiger partial charge in [0.2, 0.25) is 5.13 Å². The number of hydrogen-bond donors (Lipinski definition) is 1. The smallest absolute Gasteiger partial charge is 0.295 e. The molecule has 0 saturated heterocycles. The highest BCUT2D eigenvalue weighted by Crippen LogP contribution is 2.41. The van der Waals surface area contributed by atoms with Gasteiger partial charge >= 0.3 is 0 Å². The van der Waals surface area contributed by atoms with Crippen LogP contribution in [-0.2, 0) is 4.43 Å². The number of nitrogens with one attached hydrogen (secondary N) is 1. The zero-order chi connectivity index (χ0) is 27.7. The molecule has 3 aromatic heterocycles. The number of rotatable bonds is 9. The minimum absolute atomic E-state index is 0.209. The van der Waals surface area contributed by atoms with Gasteiger partial charge in [0.25, 0.3) is 11.1 Å². The van der Waals surface area contributed by atoms with Crippen molar-refractivity contribution in [1.82, 2.24) is 20.2 Å². The molecule has 1 amide bonds. The molecule has 11 heteroatoms. The predicted molar refractivity (Wildman–Crippen MR) is 152 cm³/mol. The number of methoxy groups -OCH3 is 1. The zero-order valence-electron chi connectivity index (χ0n) is 23.4. The Morgan fingerprint density at radius 1 is 1.08 bits per heavy atom. The first-order valence-corrected chi connectivity index (χ1v) is 16.5. The Bertz CT molecular complexity index is 1300. The van der Waals surface area contributed by atoms with E-state index in [2.05, 4.69) is 59.3 Å². The second-order valence-corrected chi connectivity index (χ2v) is 17.1. The van der Waals surface area contributed by atoms with E-state index < -0.39 is 8.32 Å². The van der Waals surface area contributed by atoms with Gasteiger partial charge in [-0.05, 0) is 74.2 Å². The molecule has 1 N–H and O–H groups in total. The summed E-state index contributed by atoms with van der Waals surface area (Å²) in [5.41, 5.74) is 3.48. The number of anilines is 1. The van der Waals surface area contributed by atoms with Crippen LogP contribution in [0.15, 0.2) is 24.5 Å². The molecule has 38 heavy (non-hydrogen) atoms. The van der Waals surface area contributed by atoms with Crippen molar-refractivity contribution < 1.29 is 18.7 Å². The minimum Gasteiger partial charge on any atom is -0.494 e. The molecular weight excluding hydrogens is 518 g/mol. The second kappa shape index (κ2) is 11.1. The third kappa shape index (κ3) is 6.39. The molecule has 1 aliphatic rings. The maximum atomic E-state index is 13.2. The number of ether oxygens (including phenoxy) is 2. The molecule has 1 fully saturated rings. The molecule has 4 rings (SSSR count). The highest BCUT2D eigenvalue weighted by Gasteiger charge is 2.42. The normalized spacial score (nSPS) is 17.6. The summed E-state index contributed by atoms with van der Waals surface area (Å²) in [6.07, 6.45) is 5.52. The zero-order valence-corrected chi connectivity index (χ0v) is 25.2.